The maximum absolute atomic E-state index is 12.6. The number of carbonyl (C=O) groups is 1. The van der Waals surface area contributed by atoms with Gasteiger partial charge in [0.25, 0.3) is 5.91 Å². The summed E-state index contributed by atoms with van der Waals surface area (Å²) in [6, 6.07) is 16.4. The van der Waals surface area contributed by atoms with Crippen LogP contribution < -0.4 is 15.4 Å². The van der Waals surface area contributed by atoms with Crippen molar-refractivity contribution >= 4 is 34.6 Å². The molecule has 0 aliphatic carbocycles. The molecule has 3 aromatic rings. The van der Waals surface area contributed by atoms with Crippen LogP contribution in [0.3, 0.4) is 0 Å². The van der Waals surface area contributed by atoms with E-state index in [0.717, 1.165) is 22.7 Å². The van der Waals surface area contributed by atoms with Gasteiger partial charge in [0, 0.05) is 22.6 Å². The van der Waals surface area contributed by atoms with Gasteiger partial charge < -0.3 is 15.4 Å². The zero-order valence-electron chi connectivity index (χ0n) is 15.1. The number of benzene rings is 2. The maximum Gasteiger partial charge on any atom is 0.274 e. The number of para-hydroxylation sites is 2. The number of aryl methyl sites for hydroxylation is 1. The molecule has 5 nitrogen and oxygen atoms in total. The van der Waals surface area contributed by atoms with Gasteiger partial charge in [-0.3, -0.25) is 9.78 Å². The number of rotatable bonds is 6. The number of nitrogens with one attached hydrogen (secondary N) is 2. The lowest BCUT2D eigenvalue weighted by atomic mass is 10.2. The van der Waals surface area contributed by atoms with E-state index in [2.05, 4.69) is 15.6 Å². The highest BCUT2D eigenvalue weighted by atomic mass is 35.5. The van der Waals surface area contributed by atoms with Crippen molar-refractivity contribution < 1.29 is 9.53 Å². The van der Waals surface area contributed by atoms with E-state index in [-0.39, 0.29) is 5.91 Å². The highest BCUT2D eigenvalue weighted by Crippen LogP contribution is 2.27. The van der Waals surface area contributed by atoms with E-state index in [4.69, 9.17) is 16.3 Å². The van der Waals surface area contributed by atoms with Crippen molar-refractivity contribution in [2.24, 2.45) is 0 Å². The number of aromatic nitrogens is 1. The number of anilines is 3. The SMILES string of the molecule is CCOc1ccccc1Nc1ccnc(C(=O)Nc2ccc(Cl)cc2C)c1. The number of hydrogen-bond acceptors (Lipinski definition) is 4. The number of amides is 1. The monoisotopic (exact) mass is 381 g/mol. The van der Waals surface area contributed by atoms with Crippen LogP contribution >= 0.6 is 11.6 Å². The summed E-state index contributed by atoms with van der Waals surface area (Å²) in [5, 5.41) is 6.76. The molecule has 0 bridgehead atoms. The first-order valence-corrected chi connectivity index (χ1v) is 8.97. The lowest BCUT2D eigenvalue weighted by Gasteiger charge is -2.13. The van der Waals surface area contributed by atoms with Crippen LogP contribution in [0.2, 0.25) is 5.02 Å². The fraction of sp³-hybridized carbons (Fsp3) is 0.143. The van der Waals surface area contributed by atoms with Gasteiger partial charge >= 0.3 is 0 Å². The smallest absolute Gasteiger partial charge is 0.274 e. The average Bonchev–Trinajstić information content (AvgIpc) is 2.66. The average molecular weight is 382 g/mol. The van der Waals surface area contributed by atoms with E-state index in [1.807, 2.05) is 38.1 Å². The predicted molar refractivity (Wildman–Crippen MR) is 109 cm³/mol. The first-order chi connectivity index (χ1) is 13.1. The number of hydrogen-bond donors (Lipinski definition) is 2. The number of nitrogens with zero attached hydrogens (tertiary/aromatic N) is 1. The maximum atomic E-state index is 12.6. The minimum atomic E-state index is -0.290. The second-order valence-corrected chi connectivity index (χ2v) is 6.33. The van der Waals surface area contributed by atoms with E-state index in [9.17, 15) is 4.79 Å². The molecule has 2 N–H and O–H groups in total. The lowest BCUT2D eigenvalue weighted by molar-refractivity contribution is 0.102. The van der Waals surface area contributed by atoms with Crippen LogP contribution in [0.1, 0.15) is 23.0 Å². The van der Waals surface area contributed by atoms with Crippen molar-refractivity contribution in [3.8, 4) is 5.75 Å². The van der Waals surface area contributed by atoms with E-state index in [0.29, 0.717) is 23.0 Å². The zero-order valence-corrected chi connectivity index (χ0v) is 15.9. The molecule has 0 fully saturated rings. The molecule has 1 heterocycles. The highest BCUT2D eigenvalue weighted by molar-refractivity contribution is 6.30. The summed E-state index contributed by atoms with van der Waals surface area (Å²) in [4.78, 5) is 16.7. The van der Waals surface area contributed by atoms with E-state index in [1.165, 1.54) is 0 Å². The summed E-state index contributed by atoms with van der Waals surface area (Å²) in [5.74, 6) is 0.460. The summed E-state index contributed by atoms with van der Waals surface area (Å²) in [6.07, 6.45) is 1.59. The van der Waals surface area contributed by atoms with Crippen LogP contribution in [-0.4, -0.2) is 17.5 Å². The van der Waals surface area contributed by atoms with Crippen molar-refractivity contribution in [2.45, 2.75) is 13.8 Å². The number of carbonyl (C=O) groups excluding carboxylic acids is 1. The van der Waals surface area contributed by atoms with Crippen LogP contribution in [0, 0.1) is 6.92 Å². The minimum absolute atomic E-state index is 0.290. The fourth-order valence-electron chi connectivity index (χ4n) is 2.59. The van der Waals surface area contributed by atoms with E-state index >= 15 is 0 Å². The molecule has 0 atom stereocenters. The molecule has 2 aromatic carbocycles. The van der Waals surface area contributed by atoms with Crippen molar-refractivity contribution in [3.63, 3.8) is 0 Å². The van der Waals surface area contributed by atoms with Gasteiger partial charge in [-0.25, -0.2) is 0 Å². The summed E-state index contributed by atoms with van der Waals surface area (Å²) < 4.78 is 5.62. The Morgan fingerprint density at radius 3 is 2.70 bits per heavy atom. The first-order valence-electron chi connectivity index (χ1n) is 8.59. The number of pyridine rings is 1. The Bertz CT molecular complexity index is 960. The van der Waals surface area contributed by atoms with Gasteiger partial charge in [-0.15, -0.1) is 0 Å². The Kier molecular flexibility index (Phi) is 5.94. The van der Waals surface area contributed by atoms with Crippen molar-refractivity contribution in [1.29, 1.82) is 0 Å². The van der Waals surface area contributed by atoms with Gasteiger partial charge in [-0.1, -0.05) is 23.7 Å². The topological polar surface area (TPSA) is 63.2 Å². The molecule has 138 valence electrons. The van der Waals surface area contributed by atoms with E-state index in [1.54, 1.807) is 36.5 Å². The Hall–Kier alpha value is -3.05. The van der Waals surface area contributed by atoms with Gasteiger partial charge in [0.05, 0.1) is 12.3 Å². The Morgan fingerprint density at radius 2 is 1.93 bits per heavy atom. The number of halogens is 1. The second-order valence-electron chi connectivity index (χ2n) is 5.90. The number of ether oxygens (including phenoxy) is 1. The van der Waals surface area contributed by atoms with Crippen LogP contribution in [0.25, 0.3) is 0 Å². The third-order valence-electron chi connectivity index (χ3n) is 3.90. The molecule has 1 amide bonds. The van der Waals surface area contributed by atoms with Crippen molar-refractivity contribution in [2.75, 3.05) is 17.2 Å². The fourth-order valence-corrected chi connectivity index (χ4v) is 2.82. The summed E-state index contributed by atoms with van der Waals surface area (Å²) >= 11 is 5.96. The molecule has 27 heavy (non-hydrogen) atoms. The summed E-state index contributed by atoms with van der Waals surface area (Å²) in [7, 11) is 0. The third kappa shape index (κ3) is 4.77. The van der Waals surface area contributed by atoms with Gasteiger partial charge in [0.2, 0.25) is 0 Å². The molecule has 0 saturated carbocycles. The molecular formula is C21H20ClN3O2. The van der Waals surface area contributed by atoms with Crippen LogP contribution in [-0.2, 0) is 0 Å². The molecule has 1 aromatic heterocycles. The second kappa shape index (κ2) is 8.56. The van der Waals surface area contributed by atoms with Gasteiger partial charge in [0.1, 0.15) is 11.4 Å². The molecule has 3 rings (SSSR count). The standard InChI is InChI=1S/C21H20ClN3O2/c1-3-27-20-7-5-4-6-18(20)24-16-10-11-23-19(13-16)21(26)25-17-9-8-15(22)12-14(17)2/h4-13H,3H2,1-2H3,(H,23,24)(H,25,26). The zero-order chi connectivity index (χ0) is 19.2. The van der Waals surface area contributed by atoms with Gasteiger partial charge in [0.15, 0.2) is 0 Å². The van der Waals surface area contributed by atoms with Crippen LogP contribution in [0.5, 0.6) is 5.75 Å². The normalized spacial score (nSPS) is 10.3. The molecular weight excluding hydrogens is 362 g/mol. The van der Waals surface area contributed by atoms with Crippen LogP contribution in [0.4, 0.5) is 17.1 Å². The molecule has 0 saturated heterocycles. The molecule has 0 aliphatic rings. The largest absolute Gasteiger partial charge is 0.492 e. The Balaban J connectivity index is 1.78. The summed E-state index contributed by atoms with van der Waals surface area (Å²) in [6.45, 7) is 4.39. The van der Waals surface area contributed by atoms with Gasteiger partial charge in [-0.05, 0) is 61.9 Å². The molecule has 0 unspecified atom stereocenters. The minimum Gasteiger partial charge on any atom is -0.492 e. The molecule has 0 spiro atoms. The quantitative estimate of drug-likeness (QED) is 0.597. The van der Waals surface area contributed by atoms with E-state index < -0.39 is 0 Å². The predicted octanol–water partition coefficient (Wildman–Crippen LogP) is 5.44. The first kappa shape index (κ1) is 18.7. The molecule has 0 aliphatic heterocycles. The van der Waals surface area contributed by atoms with Crippen molar-refractivity contribution in [3.05, 3.63) is 77.1 Å². The lowest BCUT2D eigenvalue weighted by Crippen LogP contribution is -2.14. The molecule has 0 radical (unpaired) electrons. The third-order valence-corrected chi connectivity index (χ3v) is 4.13. The van der Waals surface area contributed by atoms with Crippen molar-refractivity contribution in [1.82, 2.24) is 4.98 Å². The Labute approximate surface area is 163 Å². The summed E-state index contributed by atoms with van der Waals surface area (Å²) in [5.41, 5.74) is 3.46. The Morgan fingerprint density at radius 1 is 1.11 bits per heavy atom. The molecule has 6 heteroatoms. The highest BCUT2D eigenvalue weighted by Gasteiger charge is 2.11. The van der Waals surface area contributed by atoms with Gasteiger partial charge in [-0.2, -0.15) is 0 Å². The van der Waals surface area contributed by atoms with Crippen LogP contribution in [0.15, 0.2) is 60.8 Å².